The van der Waals surface area contributed by atoms with E-state index in [4.69, 9.17) is 27.9 Å². The van der Waals surface area contributed by atoms with E-state index in [9.17, 15) is 19.5 Å². The standard InChI is InChI=1S/C19H20Cl2N2O5/c1-2-13(28-14-8-11(20)5-6-12(14)21)17(24)22-23-18(25)15-9-3-4-10(7-9)16(15)19(26)27/h3-6,8-10,13,15-16H,2,7H2,1H3,(H,22,24)(H,23,25)(H,26,27)/t9-,10-,13+,15+,16-/m0/s1. The van der Waals surface area contributed by atoms with Gasteiger partial charge in [-0.05, 0) is 36.8 Å². The Kier molecular flexibility index (Phi) is 6.15. The van der Waals surface area contributed by atoms with Crippen LogP contribution < -0.4 is 15.6 Å². The van der Waals surface area contributed by atoms with E-state index in [1.54, 1.807) is 19.1 Å². The monoisotopic (exact) mass is 426 g/mol. The summed E-state index contributed by atoms with van der Waals surface area (Å²) in [5.74, 6) is -3.62. The molecule has 3 rings (SSSR count). The molecular weight excluding hydrogens is 407 g/mol. The summed E-state index contributed by atoms with van der Waals surface area (Å²) in [6.45, 7) is 1.74. The van der Waals surface area contributed by atoms with E-state index in [2.05, 4.69) is 10.9 Å². The van der Waals surface area contributed by atoms with Crippen LogP contribution in [0, 0.1) is 23.7 Å². The number of amides is 2. The molecule has 2 amide bonds. The largest absolute Gasteiger partial charge is 0.481 e. The van der Waals surface area contributed by atoms with Crippen molar-refractivity contribution in [1.82, 2.24) is 10.9 Å². The van der Waals surface area contributed by atoms with Crippen molar-refractivity contribution in [2.75, 3.05) is 0 Å². The SMILES string of the molecule is CC[C@@H](Oc1cc(Cl)ccc1Cl)C(=O)NNC(=O)[C@H]1[C@@H](C(=O)O)[C@H]2C=C[C@H]1C2. The number of rotatable bonds is 6. The van der Waals surface area contributed by atoms with E-state index in [0.717, 1.165) is 0 Å². The lowest BCUT2D eigenvalue weighted by Gasteiger charge is -2.24. The van der Waals surface area contributed by atoms with Crippen molar-refractivity contribution in [3.05, 3.63) is 40.4 Å². The molecule has 7 nitrogen and oxygen atoms in total. The number of allylic oxidation sites excluding steroid dienone is 2. The lowest BCUT2D eigenvalue weighted by Crippen LogP contribution is -2.51. The summed E-state index contributed by atoms with van der Waals surface area (Å²) in [4.78, 5) is 36.4. The van der Waals surface area contributed by atoms with Crippen LogP contribution in [0.25, 0.3) is 0 Å². The van der Waals surface area contributed by atoms with Crippen LogP contribution in [0.1, 0.15) is 19.8 Å². The van der Waals surface area contributed by atoms with Gasteiger partial charge < -0.3 is 9.84 Å². The van der Waals surface area contributed by atoms with Gasteiger partial charge in [-0.1, -0.05) is 42.3 Å². The van der Waals surface area contributed by atoms with Crippen molar-refractivity contribution in [1.29, 1.82) is 0 Å². The molecule has 1 aromatic carbocycles. The molecule has 1 saturated carbocycles. The predicted octanol–water partition coefficient (Wildman–Crippen LogP) is 2.82. The maximum atomic E-state index is 12.5. The lowest BCUT2D eigenvalue weighted by atomic mass is 9.82. The van der Waals surface area contributed by atoms with Gasteiger partial charge in [0.1, 0.15) is 5.75 Å². The second-order valence-electron chi connectivity index (χ2n) is 6.91. The van der Waals surface area contributed by atoms with Gasteiger partial charge in [-0.3, -0.25) is 25.2 Å². The Morgan fingerprint density at radius 3 is 2.50 bits per heavy atom. The first-order chi connectivity index (χ1) is 13.3. The molecule has 1 fully saturated rings. The Balaban J connectivity index is 1.60. The average Bonchev–Trinajstić information content (AvgIpc) is 3.27. The minimum Gasteiger partial charge on any atom is -0.481 e. The second kappa shape index (κ2) is 8.41. The highest BCUT2D eigenvalue weighted by atomic mass is 35.5. The van der Waals surface area contributed by atoms with Crippen molar-refractivity contribution in [2.45, 2.75) is 25.9 Å². The number of aliphatic carboxylic acids is 1. The van der Waals surface area contributed by atoms with Crippen molar-refractivity contribution >= 4 is 41.0 Å². The van der Waals surface area contributed by atoms with Gasteiger partial charge in [0.2, 0.25) is 5.91 Å². The summed E-state index contributed by atoms with van der Waals surface area (Å²) in [6.07, 6.45) is 3.76. The van der Waals surface area contributed by atoms with E-state index in [-0.39, 0.29) is 17.6 Å². The molecule has 28 heavy (non-hydrogen) atoms. The first-order valence-corrected chi connectivity index (χ1v) is 9.70. The normalized spacial score (nSPS) is 26.0. The van der Waals surface area contributed by atoms with E-state index in [1.807, 2.05) is 12.2 Å². The highest BCUT2D eigenvalue weighted by Crippen LogP contribution is 2.48. The van der Waals surface area contributed by atoms with Gasteiger partial charge in [-0.2, -0.15) is 0 Å². The minimum atomic E-state index is -1.01. The van der Waals surface area contributed by atoms with Gasteiger partial charge in [0.15, 0.2) is 6.10 Å². The average molecular weight is 427 g/mol. The Bertz CT molecular complexity index is 829. The molecule has 2 aliphatic rings. The van der Waals surface area contributed by atoms with Gasteiger partial charge in [-0.15, -0.1) is 0 Å². The quantitative estimate of drug-likeness (QED) is 0.479. The van der Waals surface area contributed by atoms with Crippen LogP contribution in [0.2, 0.25) is 10.0 Å². The Labute approximate surface area is 172 Å². The van der Waals surface area contributed by atoms with E-state index in [0.29, 0.717) is 22.9 Å². The maximum absolute atomic E-state index is 12.5. The van der Waals surface area contributed by atoms with Gasteiger partial charge in [0.25, 0.3) is 5.91 Å². The zero-order chi connectivity index (χ0) is 20.4. The van der Waals surface area contributed by atoms with Crippen molar-refractivity contribution in [3.8, 4) is 5.75 Å². The molecule has 5 atom stereocenters. The number of ether oxygens (including phenoxy) is 1. The van der Waals surface area contributed by atoms with E-state index in [1.165, 1.54) is 6.07 Å². The Morgan fingerprint density at radius 2 is 1.86 bits per heavy atom. The van der Waals surface area contributed by atoms with Gasteiger partial charge in [0.05, 0.1) is 16.9 Å². The minimum absolute atomic E-state index is 0.133. The number of carboxylic acid groups (broad SMARTS) is 1. The number of halogens is 2. The molecule has 150 valence electrons. The Hall–Kier alpha value is -2.25. The molecule has 0 heterocycles. The number of carbonyl (C=O) groups is 3. The molecule has 3 N–H and O–H groups in total. The molecule has 2 bridgehead atoms. The summed E-state index contributed by atoms with van der Waals surface area (Å²) in [6, 6.07) is 4.65. The number of carboxylic acids is 1. The van der Waals surface area contributed by atoms with Crippen LogP contribution in [0.3, 0.4) is 0 Å². The summed E-state index contributed by atoms with van der Waals surface area (Å²) < 4.78 is 5.62. The fourth-order valence-electron chi connectivity index (χ4n) is 3.85. The first-order valence-electron chi connectivity index (χ1n) is 8.94. The van der Waals surface area contributed by atoms with Crippen LogP contribution in [0.5, 0.6) is 5.75 Å². The molecule has 0 aliphatic heterocycles. The zero-order valence-electron chi connectivity index (χ0n) is 15.0. The topological polar surface area (TPSA) is 105 Å². The van der Waals surface area contributed by atoms with Crippen LogP contribution in [-0.4, -0.2) is 29.0 Å². The Morgan fingerprint density at radius 1 is 1.18 bits per heavy atom. The molecule has 0 saturated heterocycles. The molecule has 9 heteroatoms. The molecule has 0 unspecified atom stereocenters. The maximum Gasteiger partial charge on any atom is 0.307 e. The summed E-state index contributed by atoms with van der Waals surface area (Å²) in [5, 5.41) is 10.1. The molecule has 0 radical (unpaired) electrons. The molecular formula is C19H20Cl2N2O5. The fraction of sp³-hybridized carbons (Fsp3) is 0.421. The van der Waals surface area contributed by atoms with Gasteiger partial charge in [-0.25, -0.2) is 0 Å². The van der Waals surface area contributed by atoms with Crippen molar-refractivity contribution < 1.29 is 24.2 Å². The number of hydrazine groups is 1. The number of fused-ring (bicyclic) bond motifs is 2. The number of nitrogens with one attached hydrogen (secondary N) is 2. The third kappa shape index (κ3) is 4.10. The number of hydrogen-bond acceptors (Lipinski definition) is 4. The lowest BCUT2D eigenvalue weighted by molar-refractivity contribution is -0.148. The highest BCUT2D eigenvalue weighted by molar-refractivity contribution is 6.34. The van der Waals surface area contributed by atoms with E-state index < -0.39 is 35.7 Å². The smallest absolute Gasteiger partial charge is 0.307 e. The third-order valence-corrected chi connectivity index (χ3v) is 5.73. The van der Waals surface area contributed by atoms with Crippen molar-refractivity contribution in [2.24, 2.45) is 23.7 Å². The van der Waals surface area contributed by atoms with E-state index >= 15 is 0 Å². The fourth-order valence-corrected chi connectivity index (χ4v) is 4.17. The van der Waals surface area contributed by atoms with Crippen LogP contribution >= 0.6 is 23.2 Å². The van der Waals surface area contributed by atoms with Crippen molar-refractivity contribution in [3.63, 3.8) is 0 Å². The second-order valence-corrected chi connectivity index (χ2v) is 7.75. The zero-order valence-corrected chi connectivity index (χ0v) is 16.5. The summed E-state index contributed by atoms with van der Waals surface area (Å²) in [7, 11) is 0. The van der Waals surface area contributed by atoms with Crippen LogP contribution in [0.15, 0.2) is 30.4 Å². The third-order valence-electron chi connectivity index (χ3n) is 5.18. The van der Waals surface area contributed by atoms with Crippen LogP contribution in [-0.2, 0) is 14.4 Å². The molecule has 0 spiro atoms. The summed E-state index contributed by atoms with van der Waals surface area (Å²) in [5.41, 5.74) is 4.67. The van der Waals surface area contributed by atoms with Crippen LogP contribution in [0.4, 0.5) is 0 Å². The molecule has 2 aliphatic carbocycles. The number of benzene rings is 1. The summed E-state index contributed by atoms with van der Waals surface area (Å²) >= 11 is 12.0. The number of carbonyl (C=O) groups excluding carboxylic acids is 2. The molecule has 0 aromatic heterocycles. The first kappa shape index (κ1) is 20.5. The predicted molar refractivity (Wildman–Crippen MR) is 103 cm³/mol. The number of hydrogen-bond donors (Lipinski definition) is 3. The van der Waals surface area contributed by atoms with Gasteiger partial charge in [0, 0.05) is 11.1 Å². The molecule has 1 aromatic rings. The van der Waals surface area contributed by atoms with Gasteiger partial charge >= 0.3 is 5.97 Å². The highest BCUT2D eigenvalue weighted by Gasteiger charge is 2.51.